The predicted molar refractivity (Wildman–Crippen MR) is 87.9 cm³/mol. The lowest BCUT2D eigenvalue weighted by molar-refractivity contribution is 0.102. The van der Waals surface area contributed by atoms with E-state index in [1.165, 1.54) is 7.11 Å². The van der Waals surface area contributed by atoms with Gasteiger partial charge in [-0.15, -0.1) is 0 Å². The molecule has 0 radical (unpaired) electrons. The fraction of sp³-hybridized carbons (Fsp3) is 0.312. The van der Waals surface area contributed by atoms with Crippen LogP contribution in [0, 0.1) is 6.92 Å². The number of nitrogens with one attached hydrogen (secondary N) is 1. The molecule has 1 aromatic carbocycles. The van der Waals surface area contributed by atoms with Gasteiger partial charge in [0.2, 0.25) is 5.88 Å². The molecule has 0 fully saturated rings. The second-order valence-corrected chi connectivity index (χ2v) is 5.31. The third-order valence-corrected chi connectivity index (χ3v) is 3.73. The van der Waals surface area contributed by atoms with E-state index in [4.69, 9.17) is 4.74 Å². The first-order valence-corrected chi connectivity index (χ1v) is 7.39. The number of hydrogen-bond acceptors (Lipinski definition) is 4. The summed E-state index contributed by atoms with van der Waals surface area (Å²) < 4.78 is 8.69. The van der Waals surface area contributed by atoms with Crippen LogP contribution in [-0.2, 0) is 13.6 Å². The number of ether oxygens (including phenoxy) is 1. The van der Waals surface area contributed by atoms with E-state index >= 15 is 0 Å². The van der Waals surface area contributed by atoms with Crippen molar-refractivity contribution in [1.29, 1.82) is 0 Å². The first kappa shape index (κ1) is 15.1. The van der Waals surface area contributed by atoms with Gasteiger partial charge in [-0.3, -0.25) is 9.48 Å². The summed E-state index contributed by atoms with van der Waals surface area (Å²) in [5, 5.41) is 12.6. The molecule has 0 spiro atoms. The summed E-state index contributed by atoms with van der Waals surface area (Å²) in [6, 6.07) is 5.66. The normalized spacial score (nSPS) is 11.0. The summed E-state index contributed by atoms with van der Waals surface area (Å²) >= 11 is 0. The van der Waals surface area contributed by atoms with Crippen LogP contribution in [0.3, 0.4) is 0 Å². The van der Waals surface area contributed by atoms with Gasteiger partial charge in [0.1, 0.15) is 5.56 Å². The van der Waals surface area contributed by atoms with E-state index < -0.39 is 0 Å². The van der Waals surface area contributed by atoms with Gasteiger partial charge >= 0.3 is 0 Å². The Hall–Kier alpha value is -2.83. The maximum Gasteiger partial charge on any atom is 0.263 e. The van der Waals surface area contributed by atoms with E-state index in [9.17, 15) is 4.79 Å². The Kier molecular flexibility index (Phi) is 3.77. The summed E-state index contributed by atoms with van der Waals surface area (Å²) in [5.74, 6) is 0.193. The fourth-order valence-corrected chi connectivity index (χ4v) is 2.63. The lowest BCUT2D eigenvalue weighted by Crippen LogP contribution is -2.13. The number of anilines is 1. The Labute approximate surface area is 133 Å². The molecule has 0 saturated carbocycles. The average Bonchev–Trinajstić information content (AvgIpc) is 3.06. The zero-order chi connectivity index (χ0) is 16.6. The largest absolute Gasteiger partial charge is 0.481 e. The van der Waals surface area contributed by atoms with Crippen molar-refractivity contribution in [3.8, 4) is 5.88 Å². The third kappa shape index (κ3) is 2.65. The van der Waals surface area contributed by atoms with Crippen LogP contribution in [0.15, 0.2) is 24.4 Å². The number of methoxy groups -OCH3 is 1. The lowest BCUT2D eigenvalue weighted by Gasteiger charge is -2.07. The van der Waals surface area contributed by atoms with Gasteiger partial charge in [-0.2, -0.15) is 10.2 Å². The van der Waals surface area contributed by atoms with Gasteiger partial charge < -0.3 is 10.1 Å². The molecule has 3 rings (SSSR count). The van der Waals surface area contributed by atoms with E-state index in [1.807, 2.05) is 36.0 Å². The number of aromatic nitrogens is 4. The first-order valence-electron chi connectivity index (χ1n) is 7.39. The zero-order valence-corrected chi connectivity index (χ0v) is 13.6. The summed E-state index contributed by atoms with van der Waals surface area (Å²) in [5.41, 5.74) is 2.60. The molecule has 2 heterocycles. The highest BCUT2D eigenvalue weighted by molar-refractivity contribution is 6.07. The second-order valence-electron chi connectivity index (χ2n) is 5.31. The molecule has 7 heteroatoms. The summed E-state index contributed by atoms with van der Waals surface area (Å²) in [4.78, 5) is 12.6. The number of aryl methyl sites for hydroxylation is 3. The summed E-state index contributed by atoms with van der Waals surface area (Å²) in [7, 11) is 3.27. The van der Waals surface area contributed by atoms with E-state index in [0.29, 0.717) is 22.8 Å². The Bertz CT molecular complexity index is 878. The molecule has 1 amide bonds. The number of carbonyl (C=O) groups excluding carboxylic acids is 1. The molecule has 0 saturated heterocycles. The molecule has 2 aromatic heterocycles. The van der Waals surface area contributed by atoms with Gasteiger partial charge in [-0.05, 0) is 32.0 Å². The Balaban J connectivity index is 1.91. The van der Waals surface area contributed by atoms with Crippen LogP contribution in [0.4, 0.5) is 5.69 Å². The number of carbonyl (C=O) groups is 1. The minimum absolute atomic E-state index is 0.248. The molecule has 0 aliphatic heterocycles. The molecule has 1 N–H and O–H groups in total. The van der Waals surface area contributed by atoms with Crippen LogP contribution < -0.4 is 10.1 Å². The molecule has 23 heavy (non-hydrogen) atoms. The molecule has 0 bridgehead atoms. The predicted octanol–water partition coefficient (Wildman–Crippen LogP) is 2.36. The van der Waals surface area contributed by atoms with Crippen molar-refractivity contribution in [2.24, 2.45) is 7.05 Å². The molecule has 7 nitrogen and oxygen atoms in total. The van der Waals surface area contributed by atoms with Crippen molar-refractivity contribution in [1.82, 2.24) is 19.6 Å². The maximum absolute atomic E-state index is 12.6. The van der Waals surface area contributed by atoms with Gasteiger partial charge in [0.25, 0.3) is 5.91 Å². The van der Waals surface area contributed by atoms with Crippen molar-refractivity contribution < 1.29 is 9.53 Å². The van der Waals surface area contributed by atoms with Crippen LogP contribution in [0.5, 0.6) is 5.88 Å². The van der Waals surface area contributed by atoms with Crippen molar-refractivity contribution in [3.05, 3.63) is 35.7 Å². The molecular weight excluding hydrogens is 294 g/mol. The van der Waals surface area contributed by atoms with E-state index in [0.717, 1.165) is 17.4 Å². The number of amides is 1. The number of nitrogens with zero attached hydrogens (tertiary/aromatic N) is 4. The van der Waals surface area contributed by atoms with Gasteiger partial charge in [-0.25, -0.2) is 4.68 Å². The summed E-state index contributed by atoms with van der Waals surface area (Å²) in [6.45, 7) is 4.62. The quantitative estimate of drug-likeness (QED) is 0.802. The highest BCUT2D eigenvalue weighted by atomic mass is 16.5. The highest BCUT2D eigenvalue weighted by Gasteiger charge is 2.21. The van der Waals surface area contributed by atoms with Crippen molar-refractivity contribution in [2.45, 2.75) is 20.4 Å². The third-order valence-electron chi connectivity index (χ3n) is 3.73. The monoisotopic (exact) mass is 313 g/mol. The maximum atomic E-state index is 12.6. The molecule has 0 atom stereocenters. The molecule has 120 valence electrons. The van der Waals surface area contributed by atoms with Crippen LogP contribution in [0.2, 0.25) is 0 Å². The standard InChI is InChI=1S/C16H19N5O2/c1-5-21-9-11-6-7-12(8-13(11)19-21)17-15(22)14-10(2)18-20(3)16(14)23-4/h6-9H,5H2,1-4H3,(H,17,22). The Morgan fingerprint density at radius 2 is 2.13 bits per heavy atom. The fourth-order valence-electron chi connectivity index (χ4n) is 2.63. The molecule has 0 aliphatic rings. The highest BCUT2D eigenvalue weighted by Crippen LogP contribution is 2.23. The first-order chi connectivity index (χ1) is 11.0. The minimum Gasteiger partial charge on any atom is -0.481 e. The summed E-state index contributed by atoms with van der Waals surface area (Å²) in [6.07, 6.45) is 1.98. The lowest BCUT2D eigenvalue weighted by atomic mass is 10.2. The molecule has 0 aliphatic carbocycles. The smallest absolute Gasteiger partial charge is 0.263 e. The van der Waals surface area contributed by atoms with Crippen molar-refractivity contribution in [3.63, 3.8) is 0 Å². The van der Waals surface area contributed by atoms with Crippen molar-refractivity contribution >= 4 is 22.5 Å². The number of fused-ring (bicyclic) bond motifs is 1. The van der Waals surface area contributed by atoms with E-state index in [-0.39, 0.29) is 5.91 Å². The van der Waals surface area contributed by atoms with Crippen LogP contribution in [0.1, 0.15) is 23.0 Å². The number of benzene rings is 1. The van der Waals surface area contributed by atoms with Gasteiger partial charge in [-0.1, -0.05) is 0 Å². The zero-order valence-electron chi connectivity index (χ0n) is 13.6. The Morgan fingerprint density at radius 1 is 1.35 bits per heavy atom. The average molecular weight is 313 g/mol. The number of rotatable bonds is 4. The van der Waals surface area contributed by atoms with Gasteiger partial charge in [0, 0.05) is 30.9 Å². The number of hydrogen-bond donors (Lipinski definition) is 1. The SMILES string of the molecule is CCn1cc2ccc(NC(=O)c3c(C)nn(C)c3OC)cc2n1. The van der Waals surface area contributed by atoms with Crippen LogP contribution in [0.25, 0.3) is 10.9 Å². The molecular formula is C16H19N5O2. The Morgan fingerprint density at radius 3 is 2.83 bits per heavy atom. The van der Waals surface area contributed by atoms with E-state index in [1.54, 1.807) is 18.7 Å². The minimum atomic E-state index is -0.248. The van der Waals surface area contributed by atoms with E-state index in [2.05, 4.69) is 15.5 Å². The topological polar surface area (TPSA) is 74.0 Å². The molecule has 3 aromatic rings. The van der Waals surface area contributed by atoms with Crippen LogP contribution in [-0.4, -0.2) is 32.6 Å². The van der Waals surface area contributed by atoms with Gasteiger partial charge in [0.05, 0.1) is 18.3 Å². The van der Waals surface area contributed by atoms with Gasteiger partial charge in [0.15, 0.2) is 0 Å². The molecule has 0 unspecified atom stereocenters. The van der Waals surface area contributed by atoms with Crippen LogP contribution >= 0.6 is 0 Å². The van der Waals surface area contributed by atoms with Crippen molar-refractivity contribution in [2.75, 3.05) is 12.4 Å². The second kappa shape index (κ2) is 5.75.